The van der Waals surface area contributed by atoms with Crippen LogP contribution in [0.3, 0.4) is 0 Å². The van der Waals surface area contributed by atoms with Crippen molar-refractivity contribution in [2.24, 2.45) is 11.8 Å². The molecule has 6 rings (SSSR count). The number of hydrogen-bond donors (Lipinski definition) is 3. The van der Waals surface area contributed by atoms with Crippen molar-refractivity contribution in [2.45, 2.75) is 114 Å². The quantitative estimate of drug-likeness (QED) is 0.229. The molecule has 0 spiro atoms. The van der Waals surface area contributed by atoms with Gasteiger partial charge in [-0.15, -0.1) is 0 Å². The highest BCUT2D eigenvalue weighted by molar-refractivity contribution is 7.92. The molecule has 3 aliphatic rings. The highest BCUT2D eigenvalue weighted by Crippen LogP contribution is 2.44. The Morgan fingerprint density at radius 3 is 2.22 bits per heavy atom. The molecule has 10 heteroatoms. The lowest BCUT2D eigenvalue weighted by molar-refractivity contribution is -0.278. The Morgan fingerprint density at radius 2 is 1.55 bits per heavy atom. The molecule has 3 aromatic rings. The van der Waals surface area contributed by atoms with Crippen LogP contribution >= 0.6 is 0 Å². The molecule has 1 saturated carbocycles. The Morgan fingerprint density at radius 1 is 0.878 bits per heavy atom. The first-order valence-electron chi connectivity index (χ1n) is 17.7. The van der Waals surface area contributed by atoms with Crippen LogP contribution in [0.25, 0.3) is 0 Å². The van der Waals surface area contributed by atoms with Crippen molar-refractivity contribution < 1.29 is 27.8 Å². The summed E-state index contributed by atoms with van der Waals surface area (Å²) >= 11 is 0. The van der Waals surface area contributed by atoms with Crippen LogP contribution in [0.2, 0.25) is 0 Å². The lowest BCUT2D eigenvalue weighted by Gasteiger charge is -2.51. The SMILES string of the molecule is C[C@@H]1[C@H](CN2[C@@H](C(=O)NC(C)(C)C)CC[C@H]3CCCC[C@H]32)O[C@H](c2ccc(NS(=O)(=O)c3ccccc3)cc2)O[C@@H]1c1ccc(CO)cc1. The maximum atomic E-state index is 13.8. The van der Waals surface area contributed by atoms with Gasteiger partial charge >= 0.3 is 0 Å². The van der Waals surface area contributed by atoms with Gasteiger partial charge in [-0.3, -0.25) is 14.4 Å². The van der Waals surface area contributed by atoms with Crippen molar-refractivity contribution in [1.29, 1.82) is 0 Å². The number of amides is 1. The van der Waals surface area contributed by atoms with Crippen LogP contribution in [-0.4, -0.2) is 54.6 Å². The van der Waals surface area contributed by atoms with E-state index in [4.69, 9.17) is 9.47 Å². The minimum Gasteiger partial charge on any atom is -0.392 e. The number of ether oxygens (including phenoxy) is 2. The summed E-state index contributed by atoms with van der Waals surface area (Å²) in [6.07, 6.45) is 5.32. The number of rotatable bonds is 9. The molecule has 0 unspecified atom stereocenters. The molecule has 49 heavy (non-hydrogen) atoms. The standard InChI is InChI=1S/C39H51N3O6S/c1-26-35(24-42-33-13-9-8-10-28(33)20-23-34(42)37(44)40-39(2,3)4)47-38(48-36(26)29-16-14-27(25-43)15-17-29)30-18-21-31(22-19-30)41-49(45,46)32-11-6-5-7-12-32/h5-7,11-12,14-19,21-22,26,28,33-36,38,41,43H,8-10,13,20,23-25H2,1-4H3,(H,40,44)/t26-,28-,33-,34-,35+,36+,38+/m1/s1. The molecule has 1 aliphatic carbocycles. The van der Waals surface area contributed by atoms with Crippen LogP contribution in [0.4, 0.5) is 5.69 Å². The van der Waals surface area contributed by atoms with Crippen LogP contribution < -0.4 is 10.0 Å². The van der Waals surface area contributed by atoms with Gasteiger partial charge in [-0.1, -0.05) is 74.4 Å². The summed E-state index contributed by atoms with van der Waals surface area (Å²) in [5.74, 6) is 0.619. The van der Waals surface area contributed by atoms with Gasteiger partial charge in [0, 0.05) is 35.3 Å². The Kier molecular flexibility index (Phi) is 10.8. The van der Waals surface area contributed by atoms with Gasteiger partial charge in [0.25, 0.3) is 10.0 Å². The van der Waals surface area contributed by atoms with Gasteiger partial charge in [0.2, 0.25) is 5.91 Å². The molecule has 0 radical (unpaired) electrons. The zero-order valence-corrected chi connectivity index (χ0v) is 29.9. The summed E-state index contributed by atoms with van der Waals surface area (Å²) in [5, 5.41) is 12.9. The Hall–Kier alpha value is -3.28. The largest absolute Gasteiger partial charge is 0.392 e. The number of fused-ring (bicyclic) bond motifs is 1. The fourth-order valence-electron chi connectivity index (χ4n) is 7.79. The Labute approximate surface area is 291 Å². The van der Waals surface area contributed by atoms with Crippen molar-refractivity contribution in [2.75, 3.05) is 11.3 Å². The molecule has 2 aliphatic heterocycles. The molecule has 3 N–H and O–H groups in total. The highest BCUT2D eigenvalue weighted by atomic mass is 32.2. The Balaban J connectivity index is 1.28. The molecule has 1 amide bonds. The first-order chi connectivity index (χ1) is 23.4. The van der Waals surface area contributed by atoms with E-state index >= 15 is 0 Å². The smallest absolute Gasteiger partial charge is 0.261 e. The summed E-state index contributed by atoms with van der Waals surface area (Å²) in [4.78, 5) is 16.4. The van der Waals surface area contributed by atoms with E-state index in [1.165, 1.54) is 12.8 Å². The number of sulfonamides is 1. The van der Waals surface area contributed by atoms with Crippen LogP contribution in [0, 0.1) is 11.8 Å². The summed E-state index contributed by atoms with van der Waals surface area (Å²) in [6.45, 7) is 8.80. The molecule has 9 nitrogen and oxygen atoms in total. The van der Waals surface area contributed by atoms with Crippen LogP contribution in [0.15, 0.2) is 83.8 Å². The zero-order chi connectivity index (χ0) is 34.8. The van der Waals surface area contributed by atoms with Gasteiger partial charge in [0.1, 0.15) is 0 Å². The van der Waals surface area contributed by atoms with Crippen LogP contribution in [-0.2, 0) is 30.9 Å². The maximum Gasteiger partial charge on any atom is 0.261 e. The topological polar surface area (TPSA) is 117 Å². The fourth-order valence-corrected chi connectivity index (χ4v) is 8.87. The fraction of sp³-hybridized carbons (Fsp3) is 0.513. The number of nitrogens with one attached hydrogen (secondary N) is 2. The number of benzene rings is 3. The number of likely N-dealkylation sites (tertiary alicyclic amines) is 1. The predicted molar refractivity (Wildman–Crippen MR) is 190 cm³/mol. The van der Waals surface area contributed by atoms with Crippen LogP contribution in [0.5, 0.6) is 0 Å². The van der Waals surface area contributed by atoms with Crippen LogP contribution in [0.1, 0.15) is 95.3 Å². The van der Waals surface area contributed by atoms with Crippen molar-refractivity contribution >= 4 is 21.6 Å². The van der Waals surface area contributed by atoms with E-state index in [1.807, 2.05) is 57.2 Å². The van der Waals surface area contributed by atoms with Crippen molar-refractivity contribution in [1.82, 2.24) is 10.2 Å². The van der Waals surface area contributed by atoms with Crippen molar-refractivity contribution in [3.63, 3.8) is 0 Å². The van der Waals surface area contributed by atoms with Crippen molar-refractivity contribution in [3.05, 3.63) is 95.6 Å². The predicted octanol–water partition coefficient (Wildman–Crippen LogP) is 6.71. The molecule has 3 fully saturated rings. The molecule has 2 heterocycles. The molecule has 0 aromatic heterocycles. The number of piperidine rings is 1. The maximum absolute atomic E-state index is 13.8. The number of nitrogens with zero attached hydrogens (tertiary/aromatic N) is 1. The monoisotopic (exact) mass is 689 g/mol. The lowest BCUT2D eigenvalue weighted by atomic mass is 9.75. The van der Waals surface area contributed by atoms with Gasteiger partial charge in [-0.2, -0.15) is 0 Å². The summed E-state index contributed by atoms with van der Waals surface area (Å²) in [5.41, 5.74) is 2.70. The molecule has 0 bridgehead atoms. The minimum atomic E-state index is -3.74. The second kappa shape index (κ2) is 14.9. The lowest BCUT2D eigenvalue weighted by Crippen LogP contribution is -2.61. The molecule has 7 atom stereocenters. The third-order valence-corrected chi connectivity index (χ3v) is 11.7. The van der Waals surface area contributed by atoms with Gasteiger partial charge in [0.15, 0.2) is 6.29 Å². The Bertz CT molecular complexity index is 1660. The number of hydrogen-bond acceptors (Lipinski definition) is 7. The summed E-state index contributed by atoms with van der Waals surface area (Å²) < 4.78 is 42.1. The van der Waals surface area contributed by atoms with E-state index in [0.717, 1.165) is 42.4 Å². The zero-order valence-electron chi connectivity index (χ0n) is 29.0. The second-order valence-electron chi connectivity index (χ2n) is 15.0. The third kappa shape index (κ3) is 8.37. The number of aliphatic hydroxyl groups excluding tert-OH is 1. The number of anilines is 1. The molecule has 2 saturated heterocycles. The average Bonchev–Trinajstić information content (AvgIpc) is 3.09. The van der Waals surface area contributed by atoms with Gasteiger partial charge in [-0.05, 0) is 87.8 Å². The first-order valence-corrected chi connectivity index (χ1v) is 19.2. The highest BCUT2D eigenvalue weighted by Gasteiger charge is 2.46. The van der Waals surface area contributed by atoms with E-state index in [0.29, 0.717) is 24.2 Å². The number of carbonyl (C=O) groups is 1. The van der Waals surface area contributed by atoms with Gasteiger partial charge in [-0.25, -0.2) is 8.42 Å². The minimum absolute atomic E-state index is 0.0361. The average molecular weight is 690 g/mol. The van der Waals surface area contributed by atoms with E-state index < -0.39 is 16.3 Å². The van der Waals surface area contributed by atoms with Gasteiger partial charge in [0.05, 0.1) is 29.8 Å². The number of aliphatic hydroxyl groups is 1. The van der Waals surface area contributed by atoms with Crippen molar-refractivity contribution in [3.8, 4) is 0 Å². The summed E-state index contributed by atoms with van der Waals surface area (Å²) in [7, 11) is -3.74. The normalized spacial score (nSPS) is 28.0. The van der Waals surface area contributed by atoms with Gasteiger partial charge < -0.3 is 19.9 Å². The molecule has 264 valence electrons. The first kappa shape index (κ1) is 35.5. The molecular weight excluding hydrogens is 639 g/mol. The summed E-state index contributed by atoms with van der Waals surface area (Å²) in [6, 6.07) is 23.4. The molecule has 3 aromatic carbocycles. The van der Waals surface area contributed by atoms with E-state index in [9.17, 15) is 18.3 Å². The molecular formula is C39H51N3O6S. The third-order valence-electron chi connectivity index (χ3n) is 10.3. The number of carbonyl (C=O) groups excluding carboxylic acids is 1. The van der Waals surface area contributed by atoms with E-state index in [2.05, 4.69) is 21.9 Å². The second-order valence-corrected chi connectivity index (χ2v) is 16.7. The van der Waals surface area contributed by atoms with E-state index in [1.54, 1.807) is 42.5 Å². The van der Waals surface area contributed by atoms with E-state index in [-0.39, 0.29) is 47.1 Å².